The van der Waals surface area contributed by atoms with Crippen molar-refractivity contribution in [3.8, 4) is 0 Å². The molecular formula is C20H19ClN4O4S. The lowest BCUT2D eigenvalue weighted by atomic mass is 10.0. The topological polar surface area (TPSA) is 108 Å². The third-order valence-electron chi connectivity index (χ3n) is 5.10. The summed E-state index contributed by atoms with van der Waals surface area (Å²) in [6.45, 7) is 2.48. The molecule has 0 bridgehead atoms. The van der Waals surface area contributed by atoms with E-state index in [0.717, 1.165) is 15.3 Å². The molecule has 0 unspecified atom stereocenters. The van der Waals surface area contributed by atoms with Gasteiger partial charge in [-0.05, 0) is 37.1 Å². The first-order valence-corrected chi connectivity index (χ1v) is 10.6. The molecule has 4 rings (SSSR count). The molecule has 3 N–H and O–H groups in total. The van der Waals surface area contributed by atoms with Gasteiger partial charge in [0.2, 0.25) is 11.8 Å². The van der Waals surface area contributed by atoms with Gasteiger partial charge in [-0.25, -0.2) is 4.79 Å². The number of piperidine rings is 1. The smallest absolute Gasteiger partial charge is 0.319 e. The fraction of sp³-hybridized carbons (Fsp3) is 0.300. The number of rotatable bonds is 4. The van der Waals surface area contributed by atoms with Crippen LogP contribution in [0.3, 0.4) is 0 Å². The van der Waals surface area contributed by atoms with Crippen LogP contribution in [0.5, 0.6) is 0 Å². The highest BCUT2D eigenvalue weighted by Crippen LogP contribution is 2.33. The van der Waals surface area contributed by atoms with Crippen molar-refractivity contribution in [3.63, 3.8) is 0 Å². The standard InChI is InChI=1S/C20H19ClN4O4S/c1-10-2-3-11(6-14(10)21)23-20(29)22-8-12-7-13-16(30-12)9-25(19(13)28)15-4-5-17(26)24-18(15)27/h2-3,6-7,15H,4-5,8-9H2,1H3,(H2,22,23,29)(H,24,26,27)/t15-/m0/s1. The number of anilines is 1. The molecule has 1 aromatic carbocycles. The molecule has 156 valence electrons. The Balaban J connectivity index is 1.34. The summed E-state index contributed by atoms with van der Waals surface area (Å²) in [5.74, 6) is -0.956. The number of fused-ring (bicyclic) bond motifs is 1. The number of carbonyl (C=O) groups excluding carboxylic acids is 4. The Hall–Kier alpha value is -2.91. The number of nitrogens with one attached hydrogen (secondary N) is 3. The monoisotopic (exact) mass is 446 g/mol. The molecule has 1 fully saturated rings. The molecular weight excluding hydrogens is 428 g/mol. The van der Waals surface area contributed by atoms with Crippen molar-refractivity contribution in [3.05, 3.63) is 50.2 Å². The van der Waals surface area contributed by atoms with E-state index in [0.29, 0.717) is 29.2 Å². The third kappa shape index (κ3) is 4.03. The zero-order chi connectivity index (χ0) is 21.4. The summed E-state index contributed by atoms with van der Waals surface area (Å²) >= 11 is 7.49. The van der Waals surface area contributed by atoms with Gasteiger partial charge in [-0.1, -0.05) is 17.7 Å². The van der Waals surface area contributed by atoms with E-state index in [2.05, 4.69) is 16.0 Å². The highest BCUT2D eigenvalue weighted by atomic mass is 35.5. The van der Waals surface area contributed by atoms with Crippen molar-refractivity contribution in [1.29, 1.82) is 0 Å². The average Bonchev–Trinajstić information content (AvgIpc) is 3.22. The molecule has 30 heavy (non-hydrogen) atoms. The van der Waals surface area contributed by atoms with Crippen LogP contribution in [0.1, 0.15) is 38.5 Å². The minimum atomic E-state index is -0.622. The van der Waals surface area contributed by atoms with Gasteiger partial charge < -0.3 is 15.5 Å². The lowest BCUT2D eigenvalue weighted by Gasteiger charge is -2.29. The number of nitrogens with zero attached hydrogens (tertiary/aromatic N) is 1. The van der Waals surface area contributed by atoms with Crippen LogP contribution < -0.4 is 16.0 Å². The zero-order valence-electron chi connectivity index (χ0n) is 16.1. The number of halogens is 1. The predicted octanol–water partition coefficient (Wildman–Crippen LogP) is 2.79. The van der Waals surface area contributed by atoms with Gasteiger partial charge in [0.05, 0.1) is 18.7 Å². The number of urea groups is 1. The van der Waals surface area contributed by atoms with Crippen LogP contribution in [0.25, 0.3) is 0 Å². The fourth-order valence-corrected chi connectivity index (χ4v) is 4.77. The van der Waals surface area contributed by atoms with Crippen molar-refractivity contribution >= 4 is 52.4 Å². The normalized spacial score (nSPS) is 18.3. The number of hydrogen-bond donors (Lipinski definition) is 3. The summed E-state index contributed by atoms with van der Waals surface area (Å²) in [5, 5.41) is 8.34. The minimum absolute atomic E-state index is 0.222. The fourth-order valence-electron chi connectivity index (χ4n) is 3.50. The molecule has 1 atom stereocenters. The van der Waals surface area contributed by atoms with Crippen molar-refractivity contribution in [2.75, 3.05) is 5.32 Å². The molecule has 1 aromatic heterocycles. The van der Waals surface area contributed by atoms with Crippen LogP contribution in [-0.4, -0.2) is 34.7 Å². The quantitative estimate of drug-likeness (QED) is 0.627. The molecule has 3 heterocycles. The van der Waals surface area contributed by atoms with Crippen molar-refractivity contribution in [2.24, 2.45) is 0 Å². The summed E-state index contributed by atoms with van der Waals surface area (Å²) in [7, 11) is 0. The van der Waals surface area contributed by atoms with Gasteiger partial charge >= 0.3 is 6.03 Å². The molecule has 2 aliphatic heterocycles. The van der Waals surface area contributed by atoms with Crippen LogP contribution in [0.2, 0.25) is 5.02 Å². The van der Waals surface area contributed by atoms with Gasteiger partial charge in [0.15, 0.2) is 0 Å². The van der Waals surface area contributed by atoms with Crippen molar-refractivity contribution < 1.29 is 19.2 Å². The van der Waals surface area contributed by atoms with Crippen molar-refractivity contribution in [1.82, 2.24) is 15.5 Å². The molecule has 8 nitrogen and oxygen atoms in total. The molecule has 1 saturated heterocycles. The number of thiophene rings is 1. The van der Waals surface area contributed by atoms with Gasteiger partial charge in [0.1, 0.15) is 6.04 Å². The Morgan fingerprint density at radius 3 is 2.80 bits per heavy atom. The van der Waals surface area contributed by atoms with Crippen LogP contribution in [0, 0.1) is 6.92 Å². The largest absolute Gasteiger partial charge is 0.333 e. The Morgan fingerprint density at radius 1 is 1.30 bits per heavy atom. The van der Waals surface area contributed by atoms with Gasteiger partial charge in [-0.3, -0.25) is 19.7 Å². The maximum Gasteiger partial charge on any atom is 0.319 e. The van der Waals surface area contributed by atoms with Gasteiger partial charge in [-0.15, -0.1) is 11.3 Å². The Labute approximate surface area is 181 Å². The van der Waals surface area contributed by atoms with Crippen molar-refractivity contribution in [2.45, 2.75) is 38.9 Å². The SMILES string of the molecule is Cc1ccc(NC(=O)NCc2cc3c(s2)CN([C@H]2CCC(=O)NC2=O)C3=O)cc1Cl. The van der Waals surface area contributed by atoms with Gasteiger partial charge in [0.25, 0.3) is 5.91 Å². The molecule has 0 aliphatic carbocycles. The number of aryl methyl sites for hydroxylation is 1. The van der Waals surface area contributed by atoms with E-state index >= 15 is 0 Å². The highest BCUT2D eigenvalue weighted by molar-refractivity contribution is 7.12. The number of hydrogen-bond acceptors (Lipinski definition) is 5. The molecule has 0 radical (unpaired) electrons. The Bertz CT molecular complexity index is 1070. The van der Waals surface area contributed by atoms with Gasteiger partial charge in [0, 0.05) is 26.9 Å². The van der Waals surface area contributed by atoms with E-state index in [1.807, 2.05) is 13.0 Å². The average molecular weight is 447 g/mol. The number of amides is 5. The van der Waals surface area contributed by atoms with E-state index < -0.39 is 11.9 Å². The van der Waals surface area contributed by atoms with Crippen LogP contribution in [-0.2, 0) is 22.7 Å². The maximum absolute atomic E-state index is 12.7. The minimum Gasteiger partial charge on any atom is -0.333 e. The second-order valence-corrected chi connectivity index (χ2v) is 8.85. The lowest BCUT2D eigenvalue weighted by molar-refractivity contribution is -0.136. The first-order valence-electron chi connectivity index (χ1n) is 9.39. The van der Waals surface area contributed by atoms with E-state index in [4.69, 9.17) is 11.6 Å². The highest BCUT2D eigenvalue weighted by Gasteiger charge is 2.40. The second-order valence-electron chi connectivity index (χ2n) is 7.22. The van der Waals surface area contributed by atoms with Gasteiger partial charge in [-0.2, -0.15) is 0 Å². The van der Waals surface area contributed by atoms with Crippen LogP contribution in [0.15, 0.2) is 24.3 Å². The third-order valence-corrected chi connectivity index (χ3v) is 6.63. The number of benzene rings is 1. The lowest BCUT2D eigenvalue weighted by Crippen LogP contribution is -2.52. The summed E-state index contributed by atoms with van der Waals surface area (Å²) in [4.78, 5) is 51.5. The summed E-state index contributed by atoms with van der Waals surface area (Å²) in [5.41, 5.74) is 2.06. The van der Waals surface area contributed by atoms with E-state index in [1.165, 1.54) is 16.2 Å². The van der Waals surface area contributed by atoms with E-state index in [-0.39, 0.29) is 30.8 Å². The van der Waals surface area contributed by atoms with E-state index in [1.54, 1.807) is 18.2 Å². The molecule has 5 amide bonds. The molecule has 2 aromatic rings. The van der Waals surface area contributed by atoms with Crippen LogP contribution in [0.4, 0.5) is 10.5 Å². The second kappa shape index (κ2) is 8.08. The zero-order valence-corrected chi connectivity index (χ0v) is 17.7. The van der Waals surface area contributed by atoms with Crippen LogP contribution >= 0.6 is 22.9 Å². The first-order chi connectivity index (χ1) is 14.3. The molecule has 0 saturated carbocycles. The summed E-state index contributed by atoms with van der Waals surface area (Å²) in [6.07, 6.45) is 0.563. The summed E-state index contributed by atoms with van der Waals surface area (Å²) in [6, 6.07) is 6.02. The Morgan fingerprint density at radius 2 is 2.10 bits per heavy atom. The number of imide groups is 1. The summed E-state index contributed by atoms with van der Waals surface area (Å²) < 4.78 is 0. The predicted molar refractivity (Wildman–Crippen MR) is 112 cm³/mol. The Kier molecular flexibility index (Phi) is 5.48. The maximum atomic E-state index is 12.7. The molecule has 10 heteroatoms. The van der Waals surface area contributed by atoms with E-state index in [9.17, 15) is 19.2 Å². The first kappa shape index (κ1) is 20.4. The number of carbonyl (C=O) groups is 4. The molecule has 2 aliphatic rings. The molecule has 0 spiro atoms.